The third kappa shape index (κ3) is 4.02. The van der Waals surface area contributed by atoms with Gasteiger partial charge >= 0.3 is 0 Å². The molecule has 0 aliphatic carbocycles. The fourth-order valence-electron chi connectivity index (χ4n) is 1.82. The van der Waals surface area contributed by atoms with Crippen LogP contribution in [0.4, 0.5) is 0 Å². The van der Waals surface area contributed by atoms with Crippen molar-refractivity contribution in [1.29, 1.82) is 0 Å². The van der Waals surface area contributed by atoms with Crippen LogP contribution in [0.25, 0.3) is 0 Å². The minimum Gasteiger partial charge on any atom is -0.212 e. The first-order valence-corrected chi connectivity index (χ1v) is 9.17. The number of benzene rings is 1. The molecule has 4 heteroatoms. The lowest BCUT2D eigenvalue weighted by molar-refractivity contribution is 0.560. The summed E-state index contributed by atoms with van der Waals surface area (Å²) in [7, 11) is -2.15. The summed E-state index contributed by atoms with van der Waals surface area (Å²) < 4.78 is 24.5. The van der Waals surface area contributed by atoms with E-state index in [0.717, 1.165) is 35.6 Å². The van der Waals surface area contributed by atoms with Gasteiger partial charge in [-0.15, -0.1) is 0 Å². The largest absolute Gasteiger partial charge is 0.230 e. The summed E-state index contributed by atoms with van der Waals surface area (Å²) in [5.41, 5.74) is 1.07. The van der Waals surface area contributed by atoms with Crippen LogP contribution in [0, 0.1) is 6.92 Å². The molecule has 102 valence electrons. The predicted molar refractivity (Wildman–Crippen MR) is 79.6 cm³/mol. The average Bonchev–Trinajstić information content (AvgIpc) is 2.29. The molecule has 0 spiro atoms. The maximum Gasteiger partial charge on any atom is 0.230 e. The number of hydrogen-bond donors (Lipinski definition) is 0. The van der Waals surface area contributed by atoms with E-state index in [-0.39, 0.29) is 4.75 Å². The molecular formula is C14H22O2S2. The van der Waals surface area contributed by atoms with Crippen LogP contribution in [0.15, 0.2) is 29.2 Å². The summed E-state index contributed by atoms with van der Waals surface area (Å²) in [4.78, 5) is 0.411. The fraction of sp³-hybridized carbons (Fsp3) is 0.571. The van der Waals surface area contributed by atoms with Gasteiger partial charge in [0, 0.05) is 4.75 Å². The van der Waals surface area contributed by atoms with Crippen molar-refractivity contribution in [2.45, 2.75) is 56.6 Å². The first-order valence-electron chi connectivity index (χ1n) is 6.35. The second kappa shape index (κ2) is 6.11. The monoisotopic (exact) mass is 286 g/mol. The Balaban J connectivity index is 2.97. The van der Waals surface area contributed by atoms with Gasteiger partial charge in [0.2, 0.25) is 8.87 Å². The Morgan fingerprint density at radius 2 is 1.72 bits per heavy atom. The quantitative estimate of drug-likeness (QED) is 0.727. The van der Waals surface area contributed by atoms with Gasteiger partial charge in [0.1, 0.15) is 0 Å². The Kier molecular flexibility index (Phi) is 5.29. The summed E-state index contributed by atoms with van der Waals surface area (Å²) in [6, 6.07) is 7.08. The van der Waals surface area contributed by atoms with Gasteiger partial charge in [0.15, 0.2) is 0 Å². The van der Waals surface area contributed by atoms with E-state index in [1.54, 1.807) is 12.1 Å². The molecule has 0 N–H and O–H groups in total. The van der Waals surface area contributed by atoms with Crippen LogP contribution < -0.4 is 0 Å². The van der Waals surface area contributed by atoms with Gasteiger partial charge < -0.3 is 0 Å². The zero-order valence-corrected chi connectivity index (χ0v) is 13.2. The number of rotatable bonds is 6. The molecule has 18 heavy (non-hydrogen) atoms. The van der Waals surface area contributed by atoms with Gasteiger partial charge in [-0.2, -0.15) is 0 Å². The number of aryl methyl sites for hydroxylation is 1. The normalized spacial score (nSPS) is 15.3. The highest BCUT2D eigenvalue weighted by Crippen LogP contribution is 2.40. The molecule has 1 aromatic rings. The zero-order valence-electron chi connectivity index (χ0n) is 11.6. The molecule has 0 aliphatic rings. The van der Waals surface area contributed by atoms with E-state index >= 15 is 0 Å². The summed E-state index contributed by atoms with van der Waals surface area (Å²) >= 11 is 0. The summed E-state index contributed by atoms with van der Waals surface area (Å²) in [6.07, 6.45) is 2.77. The van der Waals surface area contributed by atoms with Gasteiger partial charge in [0.05, 0.1) is 4.90 Å². The topological polar surface area (TPSA) is 34.1 Å². The molecule has 1 aromatic carbocycles. The predicted octanol–water partition coefficient (Wildman–Crippen LogP) is 4.39. The second-order valence-corrected chi connectivity index (χ2v) is 9.25. The average molecular weight is 286 g/mol. The van der Waals surface area contributed by atoms with Gasteiger partial charge in [-0.1, -0.05) is 38.0 Å². The van der Waals surface area contributed by atoms with Gasteiger partial charge in [0.25, 0.3) is 0 Å². The molecule has 0 saturated heterocycles. The molecule has 1 atom stereocenters. The molecule has 0 fully saturated rings. The molecular weight excluding hydrogens is 264 g/mol. The Labute approximate surface area is 114 Å². The van der Waals surface area contributed by atoms with Crippen LogP contribution >= 0.6 is 10.8 Å². The van der Waals surface area contributed by atoms with Crippen molar-refractivity contribution < 1.29 is 8.42 Å². The number of hydrogen-bond acceptors (Lipinski definition) is 3. The van der Waals surface area contributed by atoms with E-state index in [9.17, 15) is 8.42 Å². The van der Waals surface area contributed by atoms with E-state index < -0.39 is 8.87 Å². The van der Waals surface area contributed by atoms with Crippen molar-refractivity contribution in [1.82, 2.24) is 0 Å². The zero-order chi connectivity index (χ0) is 13.8. The molecule has 2 nitrogen and oxygen atoms in total. The van der Waals surface area contributed by atoms with Crippen LogP contribution in [-0.2, 0) is 8.87 Å². The third-order valence-corrected chi connectivity index (χ3v) is 7.55. The van der Waals surface area contributed by atoms with Gasteiger partial charge in [-0.3, -0.25) is 0 Å². The van der Waals surface area contributed by atoms with E-state index in [0.29, 0.717) is 4.90 Å². The Hall–Kier alpha value is -0.480. The molecule has 1 rings (SSSR count). The van der Waals surface area contributed by atoms with Crippen molar-refractivity contribution in [2.75, 3.05) is 0 Å². The van der Waals surface area contributed by atoms with E-state index in [1.807, 2.05) is 32.9 Å². The summed E-state index contributed by atoms with van der Waals surface area (Å²) in [6.45, 7) is 8.13. The molecule has 0 heterocycles. The first kappa shape index (κ1) is 15.6. The molecule has 0 amide bonds. The smallest absolute Gasteiger partial charge is 0.212 e. The van der Waals surface area contributed by atoms with Crippen LogP contribution in [0.3, 0.4) is 0 Å². The molecule has 0 saturated carbocycles. The standard InChI is InChI=1S/C14H22O2S2/c1-5-11-14(4,6-2)17-18(15,16)13-9-7-12(3)8-10-13/h7-10H,5-6,11H2,1-4H3. The van der Waals surface area contributed by atoms with E-state index in [1.165, 1.54) is 0 Å². The molecule has 0 radical (unpaired) electrons. The fourth-order valence-corrected chi connectivity index (χ4v) is 6.14. The van der Waals surface area contributed by atoms with E-state index in [2.05, 4.69) is 6.92 Å². The van der Waals surface area contributed by atoms with Crippen molar-refractivity contribution in [3.8, 4) is 0 Å². The summed E-state index contributed by atoms with van der Waals surface area (Å²) in [5, 5.41) is 0. The van der Waals surface area contributed by atoms with Crippen molar-refractivity contribution >= 4 is 19.7 Å². The lowest BCUT2D eigenvalue weighted by Crippen LogP contribution is -2.21. The maximum absolute atomic E-state index is 12.4. The molecule has 0 aliphatic heterocycles. The SMILES string of the molecule is CCCC(C)(CC)SS(=O)(=O)c1ccc(C)cc1. The Morgan fingerprint density at radius 1 is 1.17 bits per heavy atom. The van der Waals surface area contributed by atoms with Crippen LogP contribution in [0.2, 0.25) is 0 Å². The molecule has 0 bridgehead atoms. The highest BCUT2D eigenvalue weighted by molar-refractivity contribution is 8.72. The summed E-state index contributed by atoms with van der Waals surface area (Å²) in [5.74, 6) is 0. The van der Waals surface area contributed by atoms with Crippen LogP contribution in [0.5, 0.6) is 0 Å². The van der Waals surface area contributed by atoms with Crippen LogP contribution in [-0.4, -0.2) is 13.2 Å². The minimum absolute atomic E-state index is 0.196. The van der Waals surface area contributed by atoms with E-state index in [4.69, 9.17) is 0 Å². The second-order valence-electron chi connectivity index (χ2n) is 4.90. The highest BCUT2D eigenvalue weighted by Gasteiger charge is 2.30. The molecule has 0 aromatic heterocycles. The lowest BCUT2D eigenvalue weighted by atomic mass is 10.0. The van der Waals surface area contributed by atoms with Crippen molar-refractivity contribution in [3.63, 3.8) is 0 Å². The first-order chi connectivity index (χ1) is 8.33. The van der Waals surface area contributed by atoms with Crippen molar-refractivity contribution in [2.24, 2.45) is 0 Å². The van der Waals surface area contributed by atoms with Gasteiger partial charge in [-0.25, -0.2) is 8.42 Å². The Morgan fingerprint density at radius 3 is 2.17 bits per heavy atom. The highest BCUT2D eigenvalue weighted by atomic mass is 33.1. The van der Waals surface area contributed by atoms with Gasteiger partial charge in [-0.05, 0) is 49.6 Å². The lowest BCUT2D eigenvalue weighted by Gasteiger charge is -2.26. The maximum atomic E-state index is 12.4. The third-order valence-electron chi connectivity index (χ3n) is 3.15. The van der Waals surface area contributed by atoms with Crippen molar-refractivity contribution in [3.05, 3.63) is 29.8 Å². The molecule has 1 unspecified atom stereocenters. The minimum atomic E-state index is -3.25. The van der Waals surface area contributed by atoms with Crippen LogP contribution in [0.1, 0.15) is 45.6 Å². The Bertz CT molecular complexity index is 477.